The molecule has 0 spiro atoms. The van der Waals surface area contributed by atoms with Crippen LogP contribution in [-0.4, -0.2) is 20.9 Å². The number of anilines is 1. The molecule has 1 fully saturated rings. The van der Waals surface area contributed by atoms with Gasteiger partial charge in [0.1, 0.15) is 0 Å². The Hall–Kier alpha value is -2.14. The van der Waals surface area contributed by atoms with Crippen LogP contribution in [0.1, 0.15) is 41.5 Å². The first-order valence-electron chi connectivity index (χ1n) is 9.58. The van der Waals surface area contributed by atoms with E-state index in [0.29, 0.717) is 18.8 Å². The van der Waals surface area contributed by atoms with E-state index >= 15 is 0 Å². The monoisotopic (exact) mass is 383 g/mol. The van der Waals surface area contributed by atoms with Crippen molar-refractivity contribution >= 4 is 21.4 Å². The zero-order chi connectivity index (χ0) is 19.0. The lowest BCUT2D eigenvalue weighted by atomic mass is 9.99. The summed E-state index contributed by atoms with van der Waals surface area (Å²) in [6.07, 6.45) is 3.61. The molecule has 0 atom stereocenters. The van der Waals surface area contributed by atoms with Gasteiger partial charge in [-0.1, -0.05) is 42.0 Å². The van der Waals surface area contributed by atoms with Gasteiger partial charge in [0.2, 0.25) is 5.91 Å². The van der Waals surface area contributed by atoms with Gasteiger partial charge in [-0.2, -0.15) is 0 Å². The first-order valence-corrected chi connectivity index (χ1v) is 11.4. The van der Waals surface area contributed by atoms with Gasteiger partial charge < -0.3 is 4.90 Å². The molecule has 1 amide bonds. The summed E-state index contributed by atoms with van der Waals surface area (Å²) in [4.78, 5) is 14.2. The fourth-order valence-corrected chi connectivity index (χ4v) is 5.30. The van der Waals surface area contributed by atoms with Crippen molar-refractivity contribution in [3.05, 3.63) is 64.7 Å². The van der Waals surface area contributed by atoms with Crippen LogP contribution in [0.3, 0.4) is 0 Å². The SMILES string of the molecule is Cc1cccc(CS(=O)(=O)Cc2ccc3c(c2)CCC(=O)N3CC2CC2)c1. The van der Waals surface area contributed by atoms with Crippen LogP contribution in [0, 0.1) is 12.8 Å². The molecule has 0 aromatic heterocycles. The Kier molecular flexibility index (Phi) is 4.81. The maximum Gasteiger partial charge on any atom is 0.227 e. The molecule has 1 saturated carbocycles. The predicted octanol–water partition coefficient (Wildman–Crippen LogP) is 3.80. The second kappa shape index (κ2) is 7.12. The minimum absolute atomic E-state index is 0.0325. The molecule has 4 rings (SSSR count). The highest BCUT2D eigenvalue weighted by atomic mass is 32.2. The second-order valence-corrected chi connectivity index (χ2v) is 10.00. The zero-order valence-electron chi connectivity index (χ0n) is 15.6. The molecule has 1 heterocycles. The van der Waals surface area contributed by atoms with Gasteiger partial charge in [-0.15, -0.1) is 0 Å². The van der Waals surface area contributed by atoms with Gasteiger partial charge >= 0.3 is 0 Å². The van der Waals surface area contributed by atoms with Crippen LogP contribution in [0.2, 0.25) is 0 Å². The predicted molar refractivity (Wildman–Crippen MR) is 107 cm³/mol. The van der Waals surface area contributed by atoms with E-state index in [4.69, 9.17) is 0 Å². The molecule has 2 aromatic carbocycles. The highest BCUT2D eigenvalue weighted by molar-refractivity contribution is 7.89. The van der Waals surface area contributed by atoms with Crippen molar-refractivity contribution in [2.75, 3.05) is 11.4 Å². The highest BCUT2D eigenvalue weighted by Crippen LogP contribution is 2.35. The third-order valence-corrected chi connectivity index (χ3v) is 6.88. The maximum absolute atomic E-state index is 12.7. The molecule has 0 N–H and O–H groups in total. The number of carbonyl (C=O) groups excluding carboxylic acids is 1. The molecule has 0 radical (unpaired) electrons. The number of nitrogens with zero attached hydrogens (tertiary/aromatic N) is 1. The van der Waals surface area contributed by atoms with Crippen molar-refractivity contribution < 1.29 is 13.2 Å². The minimum atomic E-state index is -3.24. The van der Waals surface area contributed by atoms with E-state index in [1.807, 2.05) is 54.3 Å². The molecule has 2 aromatic rings. The van der Waals surface area contributed by atoms with Gasteiger partial charge in [0.05, 0.1) is 11.5 Å². The van der Waals surface area contributed by atoms with Crippen LogP contribution in [-0.2, 0) is 32.6 Å². The minimum Gasteiger partial charge on any atom is -0.312 e. The molecule has 1 aliphatic heterocycles. The van der Waals surface area contributed by atoms with Gasteiger partial charge in [-0.05, 0) is 54.9 Å². The van der Waals surface area contributed by atoms with Gasteiger partial charge in [0, 0.05) is 18.7 Å². The van der Waals surface area contributed by atoms with Crippen molar-refractivity contribution in [1.29, 1.82) is 0 Å². The Labute approximate surface area is 161 Å². The average molecular weight is 384 g/mol. The molecule has 142 valence electrons. The summed E-state index contributed by atoms with van der Waals surface area (Å²) < 4.78 is 25.3. The lowest BCUT2D eigenvalue weighted by Crippen LogP contribution is -2.36. The lowest BCUT2D eigenvalue weighted by Gasteiger charge is -2.30. The Bertz CT molecular complexity index is 977. The number of carbonyl (C=O) groups is 1. The van der Waals surface area contributed by atoms with Crippen molar-refractivity contribution in [3.63, 3.8) is 0 Å². The standard InChI is InChI=1S/C22H25NO3S/c1-16-3-2-4-18(11-16)14-27(25,26)15-19-7-9-21-20(12-19)8-10-22(24)23(21)13-17-5-6-17/h2-4,7,9,11-12,17H,5-6,8,10,13-15H2,1H3. The summed E-state index contributed by atoms with van der Waals surface area (Å²) in [7, 11) is -3.24. The molecule has 0 bridgehead atoms. The first-order chi connectivity index (χ1) is 12.9. The number of benzene rings is 2. The third-order valence-electron chi connectivity index (χ3n) is 5.34. The molecule has 27 heavy (non-hydrogen) atoms. The average Bonchev–Trinajstić information content (AvgIpc) is 3.41. The zero-order valence-corrected chi connectivity index (χ0v) is 16.5. The Morgan fingerprint density at radius 2 is 1.74 bits per heavy atom. The molecular weight excluding hydrogens is 358 g/mol. The van der Waals surface area contributed by atoms with E-state index in [0.717, 1.165) is 34.5 Å². The van der Waals surface area contributed by atoms with Crippen molar-refractivity contribution in [1.82, 2.24) is 0 Å². The van der Waals surface area contributed by atoms with Crippen molar-refractivity contribution in [2.45, 2.75) is 44.1 Å². The van der Waals surface area contributed by atoms with Gasteiger partial charge in [-0.3, -0.25) is 4.79 Å². The smallest absolute Gasteiger partial charge is 0.227 e. The summed E-state index contributed by atoms with van der Waals surface area (Å²) in [6.45, 7) is 2.77. The van der Waals surface area contributed by atoms with E-state index in [1.54, 1.807) is 0 Å². The molecule has 0 saturated heterocycles. The topological polar surface area (TPSA) is 54.5 Å². The number of hydrogen-bond donors (Lipinski definition) is 0. The van der Waals surface area contributed by atoms with Gasteiger partial charge in [0.15, 0.2) is 9.84 Å². The molecule has 4 nitrogen and oxygen atoms in total. The van der Waals surface area contributed by atoms with Crippen LogP contribution in [0.25, 0.3) is 0 Å². The number of fused-ring (bicyclic) bond motifs is 1. The number of aryl methyl sites for hydroxylation is 2. The van der Waals surface area contributed by atoms with Crippen LogP contribution in [0.4, 0.5) is 5.69 Å². The molecule has 2 aliphatic rings. The second-order valence-electron chi connectivity index (χ2n) is 7.93. The van der Waals surface area contributed by atoms with Gasteiger partial charge in [0.25, 0.3) is 0 Å². The Morgan fingerprint density at radius 1 is 1.00 bits per heavy atom. The van der Waals surface area contributed by atoms with Crippen LogP contribution < -0.4 is 4.90 Å². The quantitative estimate of drug-likeness (QED) is 0.762. The van der Waals surface area contributed by atoms with Gasteiger partial charge in [-0.25, -0.2) is 8.42 Å². The number of rotatable bonds is 6. The Morgan fingerprint density at radius 3 is 2.44 bits per heavy atom. The number of sulfone groups is 1. The molecule has 0 unspecified atom stereocenters. The first kappa shape index (κ1) is 18.2. The third kappa shape index (κ3) is 4.41. The van der Waals surface area contributed by atoms with E-state index in [-0.39, 0.29) is 17.4 Å². The van der Waals surface area contributed by atoms with Crippen LogP contribution in [0.15, 0.2) is 42.5 Å². The Balaban J connectivity index is 1.52. The molecule has 5 heteroatoms. The summed E-state index contributed by atoms with van der Waals surface area (Å²) in [6, 6.07) is 13.4. The summed E-state index contributed by atoms with van der Waals surface area (Å²) in [5, 5.41) is 0. The fraction of sp³-hybridized carbons (Fsp3) is 0.409. The largest absolute Gasteiger partial charge is 0.312 e. The van der Waals surface area contributed by atoms with Crippen molar-refractivity contribution in [3.8, 4) is 0 Å². The van der Waals surface area contributed by atoms with E-state index < -0.39 is 9.84 Å². The summed E-state index contributed by atoms with van der Waals surface area (Å²) >= 11 is 0. The van der Waals surface area contributed by atoms with Crippen molar-refractivity contribution in [2.24, 2.45) is 5.92 Å². The normalized spacial score (nSPS) is 17.1. The maximum atomic E-state index is 12.7. The fourth-order valence-electron chi connectivity index (χ4n) is 3.82. The lowest BCUT2D eigenvalue weighted by molar-refractivity contribution is -0.118. The number of hydrogen-bond acceptors (Lipinski definition) is 3. The summed E-state index contributed by atoms with van der Waals surface area (Å²) in [5.74, 6) is 0.909. The summed E-state index contributed by atoms with van der Waals surface area (Å²) in [5.41, 5.74) is 4.77. The highest BCUT2D eigenvalue weighted by Gasteiger charge is 2.31. The van der Waals surface area contributed by atoms with E-state index in [1.165, 1.54) is 12.8 Å². The molecule has 1 aliphatic carbocycles. The molecular formula is C22H25NO3S. The van der Waals surface area contributed by atoms with E-state index in [9.17, 15) is 13.2 Å². The van der Waals surface area contributed by atoms with Crippen LogP contribution >= 0.6 is 0 Å². The van der Waals surface area contributed by atoms with E-state index in [2.05, 4.69) is 0 Å². The number of amides is 1. The van der Waals surface area contributed by atoms with Crippen LogP contribution in [0.5, 0.6) is 0 Å².